The van der Waals surface area contributed by atoms with E-state index in [1.54, 1.807) is 0 Å². The summed E-state index contributed by atoms with van der Waals surface area (Å²) in [7, 11) is 0. The van der Waals surface area contributed by atoms with Crippen molar-refractivity contribution in [2.24, 2.45) is 0 Å². The zero-order valence-electron chi connectivity index (χ0n) is 10.1. The Morgan fingerprint density at radius 1 is 1.35 bits per heavy atom. The van der Waals surface area contributed by atoms with Gasteiger partial charge in [-0.1, -0.05) is 0 Å². The van der Waals surface area contributed by atoms with Crippen molar-refractivity contribution < 1.29 is 0 Å². The van der Waals surface area contributed by atoms with Gasteiger partial charge in [-0.25, -0.2) is 4.98 Å². The molecular weight excluding hydrogens is 230 g/mol. The summed E-state index contributed by atoms with van der Waals surface area (Å²) in [5, 5.41) is 7.41. The lowest BCUT2D eigenvalue weighted by atomic mass is 9.89. The molecule has 0 radical (unpaired) electrons. The molecule has 0 spiro atoms. The van der Waals surface area contributed by atoms with Crippen LogP contribution in [0.15, 0.2) is 11.6 Å². The van der Waals surface area contributed by atoms with Crippen LogP contribution >= 0.6 is 11.3 Å². The average molecular weight is 249 g/mol. The second-order valence-corrected chi connectivity index (χ2v) is 6.57. The molecule has 92 valence electrons. The normalized spacial score (nSPS) is 37.5. The number of aromatic nitrogens is 1. The lowest BCUT2D eigenvalue weighted by Crippen LogP contribution is -2.51. The average Bonchev–Trinajstić information content (AvgIpc) is 2.81. The molecule has 4 rings (SSSR count). The highest BCUT2D eigenvalue weighted by molar-refractivity contribution is 7.09. The van der Waals surface area contributed by atoms with Crippen LogP contribution in [-0.2, 0) is 5.54 Å². The summed E-state index contributed by atoms with van der Waals surface area (Å²) in [6, 6.07) is 1.47. The SMILES string of the molecule is c1csc(C2(NC3CC3)CCN3CCCC32)n1. The van der Waals surface area contributed by atoms with Crippen molar-refractivity contribution >= 4 is 11.3 Å². The molecule has 1 aromatic heterocycles. The number of fused-ring (bicyclic) bond motifs is 1. The van der Waals surface area contributed by atoms with Crippen molar-refractivity contribution in [3.8, 4) is 0 Å². The van der Waals surface area contributed by atoms with Crippen LogP contribution in [0.4, 0.5) is 0 Å². The van der Waals surface area contributed by atoms with Gasteiger partial charge in [0.25, 0.3) is 0 Å². The molecule has 0 aromatic carbocycles. The fourth-order valence-corrected chi connectivity index (χ4v) is 4.53. The Labute approximate surface area is 106 Å². The van der Waals surface area contributed by atoms with Crippen LogP contribution in [-0.4, -0.2) is 35.1 Å². The number of rotatable bonds is 3. The molecule has 1 saturated carbocycles. The summed E-state index contributed by atoms with van der Waals surface area (Å²) >= 11 is 1.84. The molecule has 3 fully saturated rings. The van der Waals surface area contributed by atoms with Crippen LogP contribution in [0.25, 0.3) is 0 Å². The van der Waals surface area contributed by atoms with Crippen molar-refractivity contribution in [1.29, 1.82) is 0 Å². The van der Waals surface area contributed by atoms with Crippen molar-refractivity contribution in [2.45, 2.75) is 49.7 Å². The molecule has 3 heterocycles. The second kappa shape index (κ2) is 3.77. The Balaban J connectivity index is 1.72. The van der Waals surface area contributed by atoms with Gasteiger partial charge in [0.1, 0.15) is 5.01 Å². The van der Waals surface area contributed by atoms with Gasteiger partial charge < -0.3 is 5.32 Å². The van der Waals surface area contributed by atoms with E-state index in [1.807, 2.05) is 17.5 Å². The molecule has 0 amide bonds. The highest BCUT2D eigenvalue weighted by Crippen LogP contribution is 2.45. The molecule has 1 N–H and O–H groups in total. The van der Waals surface area contributed by atoms with Gasteiger partial charge in [-0.3, -0.25) is 4.90 Å². The molecule has 0 bridgehead atoms. The van der Waals surface area contributed by atoms with E-state index in [0.717, 1.165) is 6.04 Å². The molecule has 2 saturated heterocycles. The van der Waals surface area contributed by atoms with Gasteiger partial charge in [-0.05, 0) is 38.6 Å². The molecule has 17 heavy (non-hydrogen) atoms. The highest BCUT2D eigenvalue weighted by Gasteiger charge is 2.53. The fraction of sp³-hybridized carbons (Fsp3) is 0.769. The van der Waals surface area contributed by atoms with Crippen LogP contribution in [0.3, 0.4) is 0 Å². The van der Waals surface area contributed by atoms with E-state index in [9.17, 15) is 0 Å². The molecule has 4 heteroatoms. The molecule has 3 nitrogen and oxygen atoms in total. The Morgan fingerprint density at radius 2 is 2.29 bits per heavy atom. The maximum atomic E-state index is 4.64. The van der Waals surface area contributed by atoms with E-state index < -0.39 is 0 Å². The topological polar surface area (TPSA) is 28.2 Å². The smallest absolute Gasteiger partial charge is 0.114 e. The summed E-state index contributed by atoms with van der Waals surface area (Å²) in [6.07, 6.45) is 8.65. The van der Waals surface area contributed by atoms with E-state index in [0.29, 0.717) is 6.04 Å². The Bertz CT molecular complexity index is 401. The van der Waals surface area contributed by atoms with Crippen LogP contribution < -0.4 is 5.32 Å². The summed E-state index contributed by atoms with van der Waals surface area (Å²) < 4.78 is 0. The molecule has 1 aliphatic carbocycles. The van der Waals surface area contributed by atoms with Gasteiger partial charge in [-0.15, -0.1) is 11.3 Å². The third-order valence-corrected chi connectivity index (χ3v) is 5.53. The third-order valence-electron chi connectivity index (χ3n) is 4.58. The summed E-state index contributed by atoms with van der Waals surface area (Å²) in [5.41, 5.74) is 0.186. The first kappa shape index (κ1) is 10.5. The minimum atomic E-state index is 0.186. The number of hydrogen-bond acceptors (Lipinski definition) is 4. The summed E-state index contributed by atoms with van der Waals surface area (Å²) in [4.78, 5) is 7.32. The Hall–Kier alpha value is -0.450. The summed E-state index contributed by atoms with van der Waals surface area (Å²) in [6.45, 7) is 2.55. The van der Waals surface area contributed by atoms with Crippen LogP contribution in [0.1, 0.15) is 37.1 Å². The Morgan fingerprint density at radius 3 is 3.06 bits per heavy atom. The zero-order chi connectivity index (χ0) is 11.3. The maximum Gasteiger partial charge on any atom is 0.114 e. The third kappa shape index (κ3) is 1.58. The lowest BCUT2D eigenvalue weighted by Gasteiger charge is -2.34. The minimum absolute atomic E-state index is 0.186. The largest absolute Gasteiger partial charge is 0.301 e. The molecule has 2 unspecified atom stereocenters. The second-order valence-electron chi connectivity index (χ2n) is 5.67. The van der Waals surface area contributed by atoms with Gasteiger partial charge in [-0.2, -0.15) is 0 Å². The fourth-order valence-electron chi connectivity index (χ4n) is 3.65. The summed E-state index contributed by atoms with van der Waals surface area (Å²) in [5.74, 6) is 0. The van der Waals surface area contributed by atoms with E-state index in [-0.39, 0.29) is 5.54 Å². The van der Waals surface area contributed by atoms with E-state index in [4.69, 9.17) is 0 Å². The number of hydrogen-bond donors (Lipinski definition) is 1. The molecule has 2 atom stereocenters. The first-order valence-corrected chi connectivity index (χ1v) is 7.68. The molecule has 3 aliphatic rings. The highest BCUT2D eigenvalue weighted by atomic mass is 32.1. The predicted molar refractivity (Wildman–Crippen MR) is 69.2 cm³/mol. The van der Waals surface area contributed by atoms with Gasteiger partial charge in [0.2, 0.25) is 0 Å². The van der Waals surface area contributed by atoms with Crippen LogP contribution in [0.5, 0.6) is 0 Å². The van der Waals surface area contributed by atoms with Crippen molar-refractivity contribution in [2.75, 3.05) is 13.1 Å². The number of nitrogens with one attached hydrogen (secondary N) is 1. The minimum Gasteiger partial charge on any atom is -0.301 e. The van der Waals surface area contributed by atoms with E-state index in [1.165, 1.54) is 50.2 Å². The first-order valence-electron chi connectivity index (χ1n) is 6.80. The predicted octanol–water partition coefficient (Wildman–Crippen LogP) is 1.96. The zero-order valence-corrected chi connectivity index (χ0v) is 10.9. The van der Waals surface area contributed by atoms with E-state index in [2.05, 4.69) is 20.6 Å². The van der Waals surface area contributed by atoms with Crippen molar-refractivity contribution in [3.05, 3.63) is 16.6 Å². The standard InChI is InChI=1S/C13H19N3S/c1-2-11-13(15-10-3-4-10,5-8-16(11)7-1)12-14-6-9-17-12/h6,9-11,15H,1-5,7-8H2. The quantitative estimate of drug-likeness (QED) is 0.887. The van der Waals surface area contributed by atoms with Crippen LogP contribution in [0, 0.1) is 0 Å². The number of nitrogens with zero attached hydrogens (tertiary/aromatic N) is 2. The lowest BCUT2D eigenvalue weighted by molar-refractivity contribution is 0.222. The van der Waals surface area contributed by atoms with Gasteiger partial charge in [0.15, 0.2) is 0 Å². The van der Waals surface area contributed by atoms with Crippen molar-refractivity contribution in [1.82, 2.24) is 15.2 Å². The molecule has 1 aromatic rings. The monoisotopic (exact) mass is 249 g/mol. The van der Waals surface area contributed by atoms with Crippen molar-refractivity contribution in [3.63, 3.8) is 0 Å². The van der Waals surface area contributed by atoms with Gasteiger partial charge in [0.05, 0.1) is 5.54 Å². The van der Waals surface area contributed by atoms with Crippen LogP contribution in [0.2, 0.25) is 0 Å². The number of thiazole rings is 1. The Kier molecular flexibility index (Phi) is 2.32. The first-order chi connectivity index (χ1) is 8.38. The molecule has 2 aliphatic heterocycles. The van der Waals surface area contributed by atoms with Gasteiger partial charge >= 0.3 is 0 Å². The van der Waals surface area contributed by atoms with E-state index >= 15 is 0 Å². The van der Waals surface area contributed by atoms with Gasteiger partial charge in [0, 0.05) is 30.2 Å². The molecular formula is C13H19N3S. The maximum absolute atomic E-state index is 4.64.